The van der Waals surface area contributed by atoms with Crippen molar-refractivity contribution in [2.24, 2.45) is 11.8 Å². The summed E-state index contributed by atoms with van der Waals surface area (Å²) < 4.78 is 13.5. The number of nitrogens with one attached hydrogen (secondary N) is 2. The van der Waals surface area contributed by atoms with Gasteiger partial charge in [0, 0.05) is 11.7 Å². The largest absolute Gasteiger partial charge is 0.478 e. The molecule has 2 rings (SSSR count). The van der Waals surface area contributed by atoms with Gasteiger partial charge in [0.2, 0.25) is 0 Å². The van der Waals surface area contributed by atoms with Crippen LogP contribution >= 0.6 is 0 Å². The van der Waals surface area contributed by atoms with E-state index in [4.69, 9.17) is 5.11 Å². The van der Waals surface area contributed by atoms with Gasteiger partial charge < -0.3 is 15.7 Å². The summed E-state index contributed by atoms with van der Waals surface area (Å²) in [6, 6.07) is 3.22. The van der Waals surface area contributed by atoms with Crippen molar-refractivity contribution in [3.8, 4) is 0 Å². The first-order valence-electron chi connectivity index (χ1n) is 6.99. The second-order valence-electron chi connectivity index (χ2n) is 5.62. The van der Waals surface area contributed by atoms with Crippen molar-refractivity contribution in [1.29, 1.82) is 0 Å². The summed E-state index contributed by atoms with van der Waals surface area (Å²) in [5.41, 5.74) is -0.187. The van der Waals surface area contributed by atoms with Crippen LogP contribution in [-0.4, -0.2) is 23.1 Å². The van der Waals surface area contributed by atoms with E-state index in [-0.39, 0.29) is 11.7 Å². The number of carboxylic acids is 1. The lowest BCUT2D eigenvalue weighted by molar-refractivity contribution is 0.0692. The summed E-state index contributed by atoms with van der Waals surface area (Å²) in [6.07, 6.45) is 2.01. The molecule has 5 nitrogen and oxygen atoms in total. The number of amides is 2. The zero-order valence-corrected chi connectivity index (χ0v) is 12.0. The number of carbonyl (C=O) groups is 2. The van der Waals surface area contributed by atoms with Crippen LogP contribution in [0.1, 0.15) is 37.0 Å². The highest BCUT2D eigenvalue weighted by Gasteiger charge is 2.30. The summed E-state index contributed by atoms with van der Waals surface area (Å²) in [5.74, 6) is -1.23. The van der Waals surface area contributed by atoms with Gasteiger partial charge in [0.15, 0.2) is 0 Å². The second kappa shape index (κ2) is 6.11. The highest BCUT2D eigenvalue weighted by molar-refractivity contribution is 5.91. The van der Waals surface area contributed by atoms with Gasteiger partial charge in [-0.2, -0.15) is 0 Å². The molecule has 0 aromatic heterocycles. The number of halogens is 1. The van der Waals surface area contributed by atoms with Crippen molar-refractivity contribution in [3.63, 3.8) is 0 Å². The van der Waals surface area contributed by atoms with Crippen molar-refractivity contribution in [3.05, 3.63) is 29.6 Å². The summed E-state index contributed by atoms with van der Waals surface area (Å²) in [4.78, 5) is 22.6. The number of urea groups is 1. The van der Waals surface area contributed by atoms with E-state index in [1.165, 1.54) is 6.07 Å². The summed E-state index contributed by atoms with van der Waals surface area (Å²) in [5, 5.41) is 14.1. The number of carbonyl (C=O) groups excluding carboxylic acids is 1. The van der Waals surface area contributed by atoms with Crippen molar-refractivity contribution in [1.82, 2.24) is 5.32 Å². The molecular formula is C15H19FN2O3. The Labute approximate surface area is 122 Å². The van der Waals surface area contributed by atoms with Gasteiger partial charge in [-0.1, -0.05) is 13.8 Å². The Balaban J connectivity index is 1.97. The maximum absolute atomic E-state index is 13.5. The Hall–Kier alpha value is -2.11. The normalized spacial score (nSPS) is 24.6. The van der Waals surface area contributed by atoms with Gasteiger partial charge in [-0.15, -0.1) is 0 Å². The highest BCUT2D eigenvalue weighted by atomic mass is 19.1. The van der Waals surface area contributed by atoms with Crippen LogP contribution in [0.3, 0.4) is 0 Å². The van der Waals surface area contributed by atoms with Crippen molar-refractivity contribution >= 4 is 17.7 Å². The van der Waals surface area contributed by atoms with Gasteiger partial charge >= 0.3 is 12.0 Å². The van der Waals surface area contributed by atoms with E-state index in [1.54, 1.807) is 0 Å². The minimum Gasteiger partial charge on any atom is -0.478 e. The Bertz CT molecular complexity index is 562. The van der Waals surface area contributed by atoms with E-state index in [9.17, 15) is 14.0 Å². The first kappa shape index (κ1) is 15.3. The number of anilines is 1. The number of benzene rings is 1. The maximum atomic E-state index is 13.5. The minimum atomic E-state index is -1.34. The molecule has 1 aromatic rings. The molecule has 1 aliphatic rings. The molecule has 0 saturated heterocycles. The predicted molar refractivity (Wildman–Crippen MR) is 76.9 cm³/mol. The molecule has 1 aromatic carbocycles. The molecule has 3 N–H and O–H groups in total. The molecule has 6 heteroatoms. The van der Waals surface area contributed by atoms with Crippen molar-refractivity contribution < 1.29 is 19.1 Å². The summed E-state index contributed by atoms with van der Waals surface area (Å²) in [7, 11) is 0. The van der Waals surface area contributed by atoms with E-state index >= 15 is 0 Å². The highest BCUT2D eigenvalue weighted by Crippen LogP contribution is 2.31. The van der Waals surface area contributed by atoms with Gasteiger partial charge in [-0.3, -0.25) is 0 Å². The van der Waals surface area contributed by atoms with Crippen LogP contribution in [0, 0.1) is 17.7 Å². The van der Waals surface area contributed by atoms with Crippen molar-refractivity contribution in [2.45, 2.75) is 32.7 Å². The predicted octanol–water partition coefficient (Wildman–Crippen LogP) is 3.08. The SMILES string of the molecule is CC1CCC(NC(=O)Nc2ccc(C(=O)O)c(F)c2)C1C. The first-order chi connectivity index (χ1) is 9.88. The number of carboxylic acid groups (broad SMARTS) is 1. The van der Waals surface area contributed by atoms with Crippen LogP contribution in [0.4, 0.5) is 14.9 Å². The lowest BCUT2D eigenvalue weighted by Gasteiger charge is -2.20. The fourth-order valence-electron chi connectivity index (χ4n) is 2.67. The van der Waals surface area contributed by atoms with E-state index in [2.05, 4.69) is 24.5 Å². The number of hydrogen-bond acceptors (Lipinski definition) is 2. The Kier molecular flexibility index (Phi) is 4.45. The Morgan fingerprint density at radius 1 is 1.29 bits per heavy atom. The minimum absolute atomic E-state index is 0.114. The van der Waals surface area contributed by atoms with Crippen LogP contribution in [0.15, 0.2) is 18.2 Å². The molecule has 3 atom stereocenters. The van der Waals surface area contributed by atoms with Crippen molar-refractivity contribution in [2.75, 3.05) is 5.32 Å². The number of rotatable bonds is 3. The number of hydrogen-bond donors (Lipinski definition) is 3. The molecule has 3 unspecified atom stereocenters. The van der Waals surface area contributed by atoms with Crippen LogP contribution in [0.2, 0.25) is 0 Å². The topological polar surface area (TPSA) is 78.4 Å². The fourth-order valence-corrected chi connectivity index (χ4v) is 2.67. The van der Waals surface area contributed by atoms with Gasteiger partial charge in [0.25, 0.3) is 0 Å². The zero-order valence-electron chi connectivity index (χ0n) is 12.0. The Morgan fingerprint density at radius 2 is 2.00 bits per heavy atom. The molecule has 0 radical (unpaired) electrons. The van der Waals surface area contributed by atoms with Crippen LogP contribution in [0.25, 0.3) is 0 Å². The standard InChI is InChI=1S/C15H19FN2O3/c1-8-3-6-13(9(8)2)18-15(21)17-10-4-5-11(14(19)20)12(16)7-10/h4-5,7-9,13H,3,6H2,1-2H3,(H,19,20)(H2,17,18,21). The zero-order chi connectivity index (χ0) is 15.6. The second-order valence-corrected chi connectivity index (χ2v) is 5.62. The van der Waals surface area contributed by atoms with Gasteiger partial charge in [-0.05, 0) is 42.9 Å². The third-order valence-electron chi connectivity index (χ3n) is 4.24. The average molecular weight is 294 g/mol. The number of aromatic carboxylic acids is 1. The molecule has 0 aliphatic heterocycles. The molecule has 1 aliphatic carbocycles. The van der Waals surface area contributed by atoms with E-state index in [0.717, 1.165) is 25.0 Å². The van der Waals surface area contributed by atoms with Gasteiger partial charge in [0.05, 0.1) is 5.56 Å². The van der Waals surface area contributed by atoms with E-state index in [1.807, 2.05) is 0 Å². The molecule has 1 saturated carbocycles. The van der Waals surface area contributed by atoms with E-state index in [0.29, 0.717) is 11.8 Å². The first-order valence-corrected chi connectivity index (χ1v) is 6.99. The monoisotopic (exact) mass is 294 g/mol. The third-order valence-corrected chi connectivity index (χ3v) is 4.24. The lowest BCUT2D eigenvalue weighted by Crippen LogP contribution is -2.40. The molecule has 1 fully saturated rings. The summed E-state index contributed by atoms with van der Waals surface area (Å²) >= 11 is 0. The molecular weight excluding hydrogens is 275 g/mol. The maximum Gasteiger partial charge on any atom is 0.338 e. The fraction of sp³-hybridized carbons (Fsp3) is 0.467. The molecule has 114 valence electrons. The molecule has 0 heterocycles. The van der Waals surface area contributed by atoms with Gasteiger partial charge in [0.1, 0.15) is 5.82 Å². The van der Waals surface area contributed by atoms with Crippen LogP contribution in [0.5, 0.6) is 0 Å². The third kappa shape index (κ3) is 3.51. The average Bonchev–Trinajstić information content (AvgIpc) is 2.70. The van der Waals surface area contributed by atoms with Gasteiger partial charge in [-0.25, -0.2) is 14.0 Å². The molecule has 0 spiro atoms. The quantitative estimate of drug-likeness (QED) is 0.801. The molecule has 0 bridgehead atoms. The lowest BCUT2D eigenvalue weighted by atomic mass is 9.98. The Morgan fingerprint density at radius 3 is 2.52 bits per heavy atom. The molecule has 2 amide bonds. The van der Waals surface area contributed by atoms with Crippen LogP contribution in [-0.2, 0) is 0 Å². The smallest absolute Gasteiger partial charge is 0.338 e. The van der Waals surface area contributed by atoms with Crippen LogP contribution < -0.4 is 10.6 Å². The summed E-state index contributed by atoms with van der Waals surface area (Å²) in [6.45, 7) is 4.26. The van der Waals surface area contributed by atoms with E-state index < -0.39 is 23.4 Å². The molecule has 21 heavy (non-hydrogen) atoms.